The summed E-state index contributed by atoms with van der Waals surface area (Å²) in [6.45, 7) is 8.57. The monoisotopic (exact) mass is 256 g/mol. The zero-order valence-electron chi connectivity index (χ0n) is 12.7. The summed E-state index contributed by atoms with van der Waals surface area (Å²) < 4.78 is 0. The molecule has 18 heavy (non-hydrogen) atoms. The molecule has 0 bridgehead atoms. The lowest BCUT2D eigenvalue weighted by atomic mass is 9.80. The smallest absolute Gasteiger partial charge is 0.139 e. The van der Waals surface area contributed by atoms with Gasteiger partial charge in [0.05, 0.1) is 0 Å². The molecule has 1 N–H and O–H groups in total. The molecule has 3 atom stereocenters. The number of Topliss-reactive ketones (excluding diaryl/α,β-unsaturated/α-hetero) is 1. The third-order valence-electron chi connectivity index (χ3n) is 4.12. The van der Waals surface area contributed by atoms with Gasteiger partial charge in [0.25, 0.3) is 0 Å². The molecule has 108 valence electrons. The SMILES string of the molecule is CCCCC(CC)C(=O)C(C)C(CO)CCCC. The van der Waals surface area contributed by atoms with Gasteiger partial charge < -0.3 is 5.11 Å². The third-order valence-corrected chi connectivity index (χ3v) is 4.12. The molecule has 2 heteroatoms. The van der Waals surface area contributed by atoms with Gasteiger partial charge in [-0.3, -0.25) is 4.79 Å². The van der Waals surface area contributed by atoms with Crippen LogP contribution in [0.25, 0.3) is 0 Å². The van der Waals surface area contributed by atoms with Crippen molar-refractivity contribution in [2.45, 2.75) is 72.6 Å². The van der Waals surface area contributed by atoms with E-state index >= 15 is 0 Å². The molecular weight excluding hydrogens is 224 g/mol. The maximum atomic E-state index is 12.4. The molecule has 0 radical (unpaired) electrons. The lowest BCUT2D eigenvalue weighted by molar-refractivity contribution is -0.129. The molecule has 0 aromatic carbocycles. The van der Waals surface area contributed by atoms with Crippen molar-refractivity contribution >= 4 is 5.78 Å². The van der Waals surface area contributed by atoms with Crippen LogP contribution in [0.3, 0.4) is 0 Å². The average Bonchev–Trinajstić information content (AvgIpc) is 2.39. The Morgan fingerprint density at radius 2 is 1.61 bits per heavy atom. The largest absolute Gasteiger partial charge is 0.396 e. The van der Waals surface area contributed by atoms with Crippen molar-refractivity contribution in [3.8, 4) is 0 Å². The molecule has 0 aromatic rings. The molecule has 0 aromatic heterocycles. The fourth-order valence-electron chi connectivity index (χ4n) is 2.57. The van der Waals surface area contributed by atoms with E-state index in [1.54, 1.807) is 0 Å². The second-order valence-electron chi connectivity index (χ2n) is 5.52. The molecule has 0 spiro atoms. The lowest BCUT2D eigenvalue weighted by Gasteiger charge is -2.25. The van der Waals surface area contributed by atoms with Crippen molar-refractivity contribution in [1.29, 1.82) is 0 Å². The molecule has 0 aliphatic carbocycles. The summed E-state index contributed by atoms with van der Waals surface area (Å²) in [5.41, 5.74) is 0. The fraction of sp³-hybridized carbons (Fsp3) is 0.938. The molecule has 3 unspecified atom stereocenters. The predicted octanol–water partition coefficient (Wildman–Crippen LogP) is 4.21. The van der Waals surface area contributed by atoms with Gasteiger partial charge in [0, 0.05) is 18.4 Å². The first-order chi connectivity index (χ1) is 8.62. The molecule has 0 saturated heterocycles. The summed E-state index contributed by atoms with van der Waals surface area (Å²) >= 11 is 0. The second-order valence-corrected chi connectivity index (χ2v) is 5.52. The van der Waals surface area contributed by atoms with Gasteiger partial charge in [-0.05, 0) is 25.2 Å². The van der Waals surface area contributed by atoms with Crippen LogP contribution in [0.2, 0.25) is 0 Å². The first kappa shape index (κ1) is 17.6. The van der Waals surface area contributed by atoms with Crippen LogP contribution in [0.5, 0.6) is 0 Å². The van der Waals surface area contributed by atoms with Crippen molar-refractivity contribution in [3.05, 3.63) is 0 Å². The van der Waals surface area contributed by atoms with Crippen molar-refractivity contribution in [2.75, 3.05) is 6.61 Å². The summed E-state index contributed by atoms with van der Waals surface area (Å²) in [6.07, 6.45) is 7.45. The lowest BCUT2D eigenvalue weighted by Crippen LogP contribution is -2.29. The minimum absolute atomic E-state index is 0.0170. The normalized spacial score (nSPS) is 16.3. The van der Waals surface area contributed by atoms with Crippen LogP contribution < -0.4 is 0 Å². The molecule has 0 aliphatic rings. The Bertz CT molecular complexity index is 213. The number of ketones is 1. The van der Waals surface area contributed by atoms with Crippen molar-refractivity contribution in [1.82, 2.24) is 0 Å². The predicted molar refractivity (Wildman–Crippen MR) is 77.6 cm³/mol. The second kappa shape index (κ2) is 10.5. The Labute approximate surface area is 113 Å². The van der Waals surface area contributed by atoms with Crippen LogP contribution in [0.1, 0.15) is 72.6 Å². The van der Waals surface area contributed by atoms with Gasteiger partial charge in [0.1, 0.15) is 5.78 Å². The molecular formula is C16H32O2. The zero-order chi connectivity index (χ0) is 14.0. The van der Waals surface area contributed by atoms with Crippen LogP contribution in [-0.2, 0) is 4.79 Å². The van der Waals surface area contributed by atoms with Crippen LogP contribution in [-0.4, -0.2) is 17.5 Å². The minimum atomic E-state index is 0.0170. The van der Waals surface area contributed by atoms with Crippen molar-refractivity contribution in [2.24, 2.45) is 17.8 Å². The maximum absolute atomic E-state index is 12.4. The van der Waals surface area contributed by atoms with E-state index in [0.29, 0.717) is 5.78 Å². The van der Waals surface area contributed by atoms with E-state index in [9.17, 15) is 9.90 Å². The highest BCUT2D eigenvalue weighted by molar-refractivity contribution is 5.83. The fourth-order valence-corrected chi connectivity index (χ4v) is 2.57. The van der Waals surface area contributed by atoms with Crippen molar-refractivity contribution < 1.29 is 9.90 Å². The van der Waals surface area contributed by atoms with E-state index in [1.807, 2.05) is 6.92 Å². The van der Waals surface area contributed by atoms with Gasteiger partial charge in [0.15, 0.2) is 0 Å². The summed E-state index contributed by atoms with van der Waals surface area (Å²) in [6, 6.07) is 0. The van der Waals surface area contributed by atoms with E-state index in [2.05, 4.69) is 20.8 Å². The molecule has 0 fully saturated rings. The number of carbonyl (C=O) groups excluding carboxylic acids is 1. The first-order valence-electron chi connectivity index (χ1n) is 7.76. The van der Waals surface area contributed by atoms with Crippen LogP contribution in [0.4, 0.5) is 0 Å². The number of hydrogen-bond acceptors (Lipinski definition) is 2. The molecule has 0 rings (SSSR count). The standard InChI is InChI=1S/C16H32O2/c1-5-8-10-14(7-3)16(18)13(4)15(12-17)11-9-6-2/h13-15,17H,5-12H2,1-4H3. The number of carbonyl (C=O) groups is 1. The number of rotatable bonds is 11. The van der Waals surface area contributed by atoms with Gasteiger partial charge >= 0.3 is 0 Å². The summed E-state index contributed by atoms with van der Waals surface area (Å²) in [4.78, 5) is 12.4. The Kier molecular flexibility index (Phi) is 10.3. The summed E-state index contributed by atoms with van der Waals surface area (Å²) in [7, 11) is 0. The number of aliphatic hydroxyl groups is 1. The molecule has 2 nitrogen and oxygen atoms in total. The van der Waals surface area contributed by atoms with E-state index < -0.39 is 0 Å². The summed E-state index contributed by atoms with van der Waals surface area (Å²) in [5.74, 6) is 0.758. The van der Waals surface area contributed by atoms with Crippen LogP contribution in [0, 0.1) is 17.8 Å². The third kappa shape index (κ3) is 5.99. The van der Waals surface area contributed by atoms with Crippen LogP contribution >= 0.6 is 0 Å². The topological polar surface area (TPSA) is 37.3 Å². The Balaban J connectivity index is 4.41. The molecule has 0 heterocycles. The summed E-state index contributed by atoms with van der Waals surface area (Å²) in [5, 5.41) is 9.45. The van der Waals surface area contributed by atoms with E-state index in [0.717, 1.165) is 44.9 Å². The highest BCUT2D eigenvalue weighted by Gasteiger charge is 2.27. The number of hydrogen-bond donors (Lipinski definition) is 1. The Morgan fingerprint density at radius 3 is 2.06 bits per heavy atom. The number of aliphatic hydroxyl groups excluding tert-OH is 1. The molecule has 0 amide bonds. The van der Waals surface area contributed by atoms with Gasteiger partial charge in [-0.25, -0.2) is 0 Å². The maximum Gasteiger partial charge on any atom is 0.139 e. The quantitative estimate of drug-likeness (QED) is 0.601. The van der Waals surface area contributed by atoms with Gasteiger partial charge in [-0.2, -0.15) is 0 Å². The Morgan fingerprint density at radius 1 is 1.06 bits per heavy atom. The Hall–Kier alpha value is -0.370. The average molecular weight is 256 g/mol. The van der Waals surface area contributed by atoms with E-state index in [1.165, 1.54) is 0 Å². The minimum Gasteiger partial charge on any atom is -0.396 e. The van der Waals surface area contributed by atoms with Crippen LogP contribution in [0.15, 0.2) is 0 Å². The number of unbranched alkanes of at least 4 members (excludes halogenated alkanes) is 2. The zero-order valence-corrected chi connectivity index (χ0v) is 12.7. The van der Waals surface area contributed by atoms with Crippen molar-refractivity contribution in [3.63, 3.8) is 0 Å². The van der Waals surface area contributed by atoms with Gasteiger partial charge in [0.2, 0.25) is 0 Å². The molecule has 0 saturated carbocycles. The van der Waals surface area contributed by atoms with E-state index in [-0.39, 0.29) is 24.4 Å². The van der Waals surface area contributed by atoms with Gasteiger partial charge in [-0.1, -0.05) is 53.4 Å². The van der Waals surface area contributed by atoms with Gasteiger partial charge in [-0.15, -0.1) is 0 Å². The highest BCUT2D eigenvalue weighted by atomic mass is 16.3. The first-order valence-corrected chi connectivity index (χ1v) is 7.76. The highest BCUT2D eigenvalue weighted by Crippen LogP contribution is 2.25. The van der Waals surface area contributed by atoms with E-state index in [4.69, 9.17) is 0 Å². The molecule has 0 aliphatic heterocycles.